The maximum atomic E-state index is 11.9. The zero-order chi connectivity index (χ0) is 16.8. The van der Waals surface area contributed by atoms with E-state index in [-0.39, 0.29) is 12.5 Å². The molecule has 1 aromatic carbocycles. The minimum atomic E-state index is -0.295. The van der Waals surface area contributed by atoms with E-state index < -0.39 is 0 Å². The number of carbonyl (C=O) groups is 1. The standard InChI is InChI=1S/C17H22N4O2/c1-5-14-8-6-7-9-16(14)23-11-17(22)19-18-12(2)15-10-21(4)20-13(15)3/h6-10H,5,11H2,1-4H3,(H,19,22). The van der Waals surface area contributed by atoms with E-state index in [2.05, 4.69) is 15.6 Å². The topological polar surface area (TPSA) is 68.5 Å². The van der Waals surface area contributed by atoms with Crippen LogP contribution in [0.5, 0.6) is 5.75 Å². The van der Waals surface area contributed by atoms with Gasteiger partial charge >= 0.3 is 0 Å². The lowest BCUT2D eigenvalue weighted by Crippen LogP contribution is -2.25. The van der Waals surface area contributed by atoms with Crippen molar-refractivity contribution in [3.8, 4) is 5.75 Å². The van der Waals surface area contributed by atoms with E-state index in [4.69, 9.17) is 4.74 Å². The second-order valence-corrected chi connectivity index (χ2v) is 5.28. The molecule has 23 heavy (non-hydrogen) atoms. The molecule has 0 radical (unpaired) electrons. The number of hydrogen-bond donors (Lipinski definition) is 1. The molecule has 1 heterocycles. The summed E-state index contributed by atoms with van der Waals surface area (Å²) in [6, 6.07) is 7.69. The molecule has 2 rings (SSSR count). The first-order valence-corrected chi connectivity index (χ1v) is 7.55. The highest BCUT2D eigenvalue weighted by Crippen LogP contribution is 2.17. The van der Waals surface area contributed by atoms with E-state index in [9.17, 15) is 4.79 Å². The predicted molar refractivity (Wildman–Crippen MR) is 89.6 cm³/mol. The Hall–Kier alpha value is -2.63. The molecule has 2 aromatic rings. The average molecular weight is 314 g/mol. The van der Waals surface area contributed by atoms with Gasteiger partial charge in [-0.1, -0.05) is 25.1 Å². The minimum Gasteiger partial charge on any atom is -0.483 e. The summed E-state index contributed by atoms with van der Waals surface area (Å²) in [4.78, 5) is 11.9. The van der Waals surface area contributed by atoms with Crippen molar-refractivity contribution in [3.63, 3.8) is 0 Å². The molecule has 0 saturated heterocycles. The maximum absolute atomic E-state index is 11.9. The Morgan fingerprint density at radius 3 is 2.78 bits per heavy atom. The van der Waals surface area contributed by atoms with Crippen molar-refractivity contribution in [3.05, 3.63) is 47.3 Å². The lowest BCUT2D eigenvalue weighted by atomic mass is 10.1. The van der Waals surface area contributed by atoms with Crippen molar-refractivity contribution in [1.82, 2.24) is 15.2 Å². The van der Waals surface area contributed by atoms with Gasteiger partial charge in [-0.25, -0.2) is 5.43 Å². The van der Waals surface area contributed by atoms with Gasteiger partial charge in [-0.15, -0.1) is 0 Å². The fourth-order valence-corrected chi connectivity index (χ4v) is 2.27. The van der Waals surface area contributed by atoms with Crippen LogP contribution in [-0.4, -0.2) is 28.0 Å². The van der Waals surface area contributed by atoms with Crippen LogP contribution in [0, 0.1) is 6.92 Å². The van der Waals surface area contributed by atoms with Gasteiger partial charge in [0, 0.05) is 18.8 Å². The lowest BCUT2D eigenvalue weighted by molar-refractivity contribution is -0.123. The molecule has 0 aliphatic carbocycles. The highest BCUT2D eigenvalue weighted by molar-refractivity contribution is 6.00. The van der Waals surface area contributed by atoms with Gasteiger partial charge in [-0.3, -0.25) is 9.48 Å². The van der Waals surface area contributed by atoms with Crippen LogP contribution < -0.4 is 10.2 Å². The number of nitrogens with zero attached hydrogens (tertiary/aromatic N) is 3. The smallest absolute Gasteiger partial charge is 0.277 e. The Morgan fingerprint density at radius 1 is 1.39 bits per heavy atom. The average Bonchev–Trinajstić information content (AvgIpc) is 2.89. The molecule has 1 N–H and O–H groups in total. The highest BCUT2D eigenvalue weighted by Gasteiger charge is 2.08. The number of hydrazone groups is 1. The van der Waals surface area contributed by atoms with Crippen molar-refractivity contribution >= 4 is 11.6 Å². The number of carbonyl (C=O) groups excluding carboxylic acids is 1. The van der Waals surface area contributed by atoms with Gasteiger partial charge in [0.25, 0.3) is 5.91 Å². The largest absolute Gasteiger partial charge is 0.483 e. The first-order valence-electron chi connectivity index (χ1n) is 7.55. The molecule has 1 amide bonds. The van der Waals surface area contributed by atoms with E-state index in [1.54, 1.807) is 4.68 Å². The normalized spacial score (nSPS) is 11.4. The van der Waals surface area contributed by atoms with Gasteiger partial charge in [0.05, 0.1) is 11.4 Å². The van der Waals surface area contributed by atoms with Crippen LogP contribution in [0.1, 0.15) is 30.7 Å². The minimum absolute atomic E-state index is 0.0696. The number of amides is 1. The SMILES string of the molecule is CCc1ccccc1OCC(=O)NN=C(C)c1cn(C)nc1C. The van der Waals surface area contributed by atoms with Gasteiger partial charge in [0.15, 0.2) is 6.61 Å². The summed E-state index contributed by atoms with van der Waals surface area (Å²) in [5, 5.41) is 8.36. The van der Waals surface area contributed by atoms with Crippen LogP contribution in [-0.2, 0) is 18.3 Å². The van der Waals surface area contributed by atoms with E-state index in [0.29, 0.717) is 5.71 Å². The van der Waals surface area contributed by atoms with Crippen molar-refractivity contribution in [2.24, 2.45) is 12.1 Å². The zero-order valence-electron chi connectivity index (χ0n) is 14.0. The fourth-order valence-electron chi connectivity index (χ4n) is 2.27. The van der Waals surface area contributed by atoms with Crippen molar-refractivity contribution < 1.29 is 9.53 Å². The molecule has 0 aliphatic rings. The molecule has 0 unspecified atom stereocenters. The van der Waals surface area contributed by atoms with Crippen LogP contribution in [0.15, 0.2) is 35.6 Å². The quantitative estimate of drug-likeness (QED) is 0.656. The van der Waals surface area contributed by atoms with E-state index in [1.807, 2.05) is 58.3 Å². The van der Waals surface area contributed by atoms with Gasteiger partial charge in [-0.2, -0.15) is 10.2 Å². The highest BCUT2D eigenvalue weighted by atomic mass is 16.5. The Kier molecular flexibility index (Phi) is 5.51. The molecule has 0 spiro atoms. The Balaban J connectivity index is 1.92. The third kappa shape index (κ3) is 4.42. The molecule has 0 fully saturated rings. The van der Waals surface area contributed by atoms with Gasteiger partial charge in [-0.05, 0) is 31.9 Å². The summed E-state index contributed by atoms with van der Waals surface area (Å²) in [7, 11) is 1.85. The number of nitrogens with one attached hydrogen (secondary N) is 1. The van der Waals surface area contributed by atoms with Gasteiger partial charge in [0.1, 0.15) is 5.75 Å². The molecule has 0 bridgehead atoms. The Labute approximate surface area is 136 Å². The second-order valence-electron chi connectivity index (χ2n) is 5.28. The van der Waals surface area contributed by atoms with Crippen LogP contribution in [0.4, 0.5) is 0 Å². The number of hydrogen-bond acceptors (Lipinski definition) is 4. The van der Waals surface area contributed by atoms with E-state index in [0.717, 1.165) is 29.0 Å². The molecule has 0 saturated carbocycles. The number of benzene rings is 1. The van der Waals surface area contributed by atoms with Crippen molar-refractivity contribution in [2.45, 2.75) is 27.2 Å². The maximum Gasteiger partial charge on any atom is 0.277 e. The summed E-state index contributed by atoms with van der Waals surface area (Å²) in [5.74, 6) is 0.436. The summed E-state index contributed by atoms with van der Waals surface area (Å²) < 4.78 is 7.28. The fraction of sp³-hybridized carbons (Fsp3) is 0.353. The third-order valence-electron chi connectivity index (χ3n) is 3.46. The monoisotopic (exact) mass is 314 g/mol. The van der Waals surface area contributed by atoms with Crippen molar-refractivity contribution in [2.75, 3.05) is 6.61 Å². The number of aromatic nitrogens is 2. The Morgan fingerprint density at radius 2 is 2.13 bits per heavy atom. The number of aryl methyl sites for hydroxylation is 3. The molecule has 0 atom stereocenters. The lowest BCUT2D eigenvalue weighted by Gasteiger charge is -2.09. The molecule has 6 heteroatoms. The van der Waals surface area contributed by atoms with Crippen LogP contribution >= 0.6 is 0 Å². The van der Waals surface area contributed by atoms with Crippen LogP contribution in [0.25, 0.3) is 0 Å². The third-order valence-corrected chi connectivity index (χ3v) is 3.46. The second kappa shape index (κ2) is 7.58. The van der Waals surface area contributed by atoms with Gasteiger partial charge < -0.3 is 4.74 Å². The van der Waals surface area contributed by atoms with Crippen LogP contribution in [0.2, 0.25) is 0 Å². The van der Waals surface area contributed by atoms with Crippen LogP contribution in [0.3, 0.4) is 0 Å². The molecular weight excluding hydrogens is 292 g/mol. The predicted octanol–water partition coefficient (Wildman–Crippen LogP) is 2.21. The number of para-hydroxylation sites is 1. The first-order chi connectivity index (χ1) is 11.0. The summed E-state index contributed by atoms with van der Waals surface area (Å²) in [5.41, 5.74) is 6.07. The number of ether oxygens (including phenoxy) is 1. The molecule has 122 valence electrons. The van der Waals surface area contributed by atoms with E-state index >= 15 is 0 Å². The number of rotatable bonds is 6. The molecular formula is C17H22N4O2. The zero-order valence-corrected chi connectivity index (χ0v) is 14.0. The first kappa shape index (κ1) is 16.7. The van der Waals surface area contributed by atoms with E-state index in [1.165, 1.54) is 0 Å². The molecule has 0 aliphatic heterocycles. The molecule has 6 nitrogen and oxygen atoms in total. The summed E-state index contributed by atoms with van der Waals surface area (Å²) >= 11 is 0. The summed E-state index contributed by atoms with van der Waals surface area (Å²) in [6.07, 6.45) is 2.73. The van der Waals surface area contributed by atoms with Crippen molar-refractivity contribution in [1.29, 1.82) is 0 Å². The van der Waals surface area contributed by atoms with Gasteiger partial charge in [0.2, 0.25) is 0 Å². The Bertz CT molecular complexity index is 719. The molecule has 1 aromatic heterocycles. The summed E-state index contributed by atoms with van der Waals surface area (Å²) in [6.45, 7) is 5.71.